The summed E-state index contributed by atoms with van der Waals surface area (Å²) >= 11 is 0. The minimum absolute atomic E-state index is 0.0593. The van der Waals surface area contributed by atoms with Crippen LogP contribution >= 0.6 is 0 Å². The Hall–Kier alpha value is -3.74. The minimum atomic E-state index is -0.552. The molecule has 7 heteroatoms. The molecule has 0 bridgehead atoms. The molecule has 3 aromatic rings. The number of hydrogen-bond acceptors (Lipinski definition) is 6. The van der Waals surface area contributed by atoms with Crippen molar-refractivity contribution in [1.29, 1.82) is 0 Å². The maximum Gasteiger partial charge on any atom is 0.236 e. The van der Waals surface area contributed by atoms with E-state index in [4.69, 9.17) is 14.2 Å². The van der Waals surface area contributed by atoms with Crippen LogP contribution in [0, 0.1) is 0 Å². The molecule has 2 heterocycles. The first kappa shape index (κ1) is 20.2. The number of anilines is 2. The fourth-order valence-electron chi connectivity index (χ4n) is 4.03. The van der Waals surface area contributed by atoms with Gasteiger partial charge in [0.2, 0.25) is 12.7 Å². The van der Waals surface area contributed by atoms with Gasteiger partial charge in [0.25, 0.3) is 0 Å². The Morgan fingerprint density at radius 1 is 1.06 bits per heavy atom. The minimum Gasteiger partial charge on any atom is -0.496 e. The van der Waals surface area contributed by atoms with E-state index in [2.05, 4.69) is 10.3 Å². The zero-order chi connectivity index (χ0) is 22.3. The first-order chi connectivity index (χ1) is 15.5. The van der Waals surface area contributed by atoms with Crippen molar-refractivity contribution in [3.05, 3.63) is 60.2 Å². The Morgan fingerprint density at radius 3 is 2.62 bits per heavy atom. The van der Waals surface area contributed by atoms with Crippen molar-refractivity contribution < 1.29 is 19.0 Å². The van der Waals surface area contributed by atoms with Gasteiger partial charge in [-0.15, -0.1) is 0 Å². The Balaban J connectivity index is 1.39. The summed E-state index contributed by atoms with van der Waals surface area (Å²) in [5.41, 5.74) is 3.03. The smallest absolute Gasteiger partial charge is 0.236 e. The number of nitrogens with one attached hydrogen (secondary N) is 1. The summed E-state index contributed by atoms with van der Waals surface area (Å²) in [6.07, 6.45) is 1.58. The number of rotatable bonds is 6. The molecule has 5 rings (SSSR count). The van der Waals surface area contributed by atoms with Gasteiger partial charge in [0, 0.05) is 31.4 Å². The zero-order valence-corrected chi connectivity index (χ0v) is 18.3. The second kappa shape index (κ2) is 7.75. The zero-order valence-electron chi connectivity index (χ0n) is 18.3. The number of pyridine rings is 1. The van der Waals surface area contributed by atoms with Crippen molar-refractivity contribution in [3.63, 3.8) is 0 Å². The third-order valence-corrected chi connectivity index (χ3v) is 6.08. The highest BCUT2D eigenvalue weighted by Gasteiger charge is 2.51. The average Bonchev–Trinajstić information content (AvgIpc) is 3.49. The first-order valence-corrected chi connectivity index (χ1v) is 10.5. The standard InChI is InChI=1S/C25H25N3O4/c1-28(2)17-8-9-18(21(14-17)30-3)19-5-4-6-23(26-19)27-24(29)25(11-12-25)16-7-10-20-22(13-16)32-15-31-20/h4-10,13-14H,11-12,15H2,1-3H3,(H,26,27,29). The lowest BCUT2D eigenvalue weighted by Gasteiger charge is -2.17. The third-order valence-electron chi connectivity index (χ3n) is 6.08. The van der Waals surface area contributed by atoms with Crippen LogP contribution in [-0.2, 0) is 10.2 Å². The van der Waals surface area contributed by atoms with E-state index in [1.165, 1.54) is 0 Å². The number of ether oxygens (including phenoxy) is 3. The van der Waals surface area contributed by atoms with Gasteiger partial charge in [0.1, 0.15) is 11.6 Å². The highest BCUT2D eigenvalue weighted by molar-refractivity contribution is 6.01. The Morgan fingerprint density at radius 2 is 1.88 bits per heavy atom. The molecular formula is C25H25N3O4. The summed E-state index contributed by atoms with van der Waals surface area (Å²) in [6.45, 7) is 0.216. The molecule has 1 aromatic heterocycles. The predicted molar refractivity (Wildman–Crippen MR) is 123 cm³/mol. The monoisotopic (exact) mass is 431 g/mol. The van der Waals surface area contributed by atoms with Crippen LogP contribution in [0.2, 0.25) is 0 Å². The van der Waals surface area contributed by atoms with Gasteiger partial charge in [-0.25, -0.2) is 4.98 Å². The van der Waals surface area contributed by atoms with E-state index in [9.17, 15) is 4.79 Å². The Bertz CT molecular complexity index is 1190. The van der Waals surface area contributed by atoms with Crippen LogP contribution < -0.4 is 24.4 Å². The lowest BCUT2D eigenvalue weighted by atomic mass is 9.94. The van der Waals surface area contributed by atoms with Crippen molar-refractivity contribution in [2.24, 2.45) is 0 Å². The van der Waals surface area contributed by atoms with Crippen LogP contribution in [0.5, 0.6) is 17.2 Å². The quantitative estimate of drug-likeness (QED) is 0.630. The molecule has 164 valence electrons. The average molecular weight is 431 g/mol. The van der Waals surface area contributed by atoms with Gasteiger partial charge in [-0.2, -0.15) is 0 Å². The summed E-state index contributed by atoms with van der Waals surface area (Å²) < 4.78 is 16.5. The van der Waals surface area contributed by atoms with E-state index in [1.807, 2.05) is 67.5 Å². The maximum atomic E-state index is 13.2. The van der Waals surface area contributed by atoms with Crippen LogP contribution in [-0.4, -0.2) is 38.9 Å². The molecule has 1 fully saturated rings. The molecule has 1 saturated carbocycles. The van der Waals surface area contributed by atoms with Crippen LogP contribution in [0.1, 0.15) is 18.4 Å². The number of nitrogens with zero attached hydrogens (tertiary/aromatic N) is 2. The number of amides is 1. The SMILES string of the molecule is COc1cc(N(C)C)ccc1-c1cccc(NC(=O)C2(c3ccc4c(c3)OCO4)CC2)n1. The van der Waals surface area contributed by atoms with Gasteiger partial charge >= 0.3 is 0 Å². The number of aromatic nitrogens is 1. The van der Waals surface area contributed by atoms with Crippen LogP contribution in [0.15, 0.2) is 54.6 Å². The molecule has 2 aliphatic rings. The molecule has 0 saturated heterocycles. The predicted octanol–water partition coefficient (Wildman–Crippen LogP) is 4.22. The highest BCUT2D eigenvalue weighted by atomic mass is 16.7. The summed E-state index contributed by atoms with van der Waals surface area (Å²) in [4.78, 5) is 19.9. The second-order valence-electron chi connectivity index (χ2n) is 8.29. The van der Waals surface area contributed by atoms with Gasteiger partial charge < -0.3 is 24.4 Å². The van der Waals surface area contributed by atoms with E-state index < -0.39 is 5.41 Å². The Labute approximate surface area is 186 Å². The number of hydrogen-bond donors (Lipinski definition) is 1. The summed E-state index contributed by atoms with van der Waals surface area (Å²) in [5.74, 6) is 2.59. The second-order valence-corrected chi connectivity index (χ2v) is 8.29. The topological polar surface area (TPSA) is 72.9 Å². The molecule has 0 radical (unpaired) electrons. The number of carbonyl (C=O) groups excluding carboxylic acids is 1. The molecule has 7 nitrogen and oxygen atoms in total. The fourth-order valence-corrected chi connectivity index (χ4v) is 4.03. The van der Waals surface area contributed by atoms with E-state index in [0.29, 0.717) is 17.3 Å². The van der Waals surface area contributed by atoms with Crippen LogP contribution in [0.3, 0.4) is 0 Å². The number of benzene rings is 2. The van der Waals surface area contributed by atoms with Crippen molar-refractivity contribution in [3.8, 4) is 28.5 Å². The van der Waals surface area contributed by atoms with E-state index >= 15 is 0 Å². The number of carbonyl (C=O) groups is 1. The molecule has 1 aliphatic carbocycles. The van der Waals surface area contributed by atoms with E-state index in [-0.39, 0.29) is 12.7 Å². The fraction of sp³-hybridized carbons (Fsp3) is 0.280. The van der Waals surface area contributed by atoms with Crippen molar-refractivity contribution >= 4 is 17.4 Å². The van der Waals surface area contributed by atoms with Crippen molar-refractivity contribution in [2.45, 2.75) is 18.3 Å². The van der Waals surface area contributed by atoms with Gasteiger partial charge in [0.15, 0.2) is 11.5 Å². The van der Waals surface area contributed by atoms with Gasteiger partial charge in [-0.05, 0) is 54.8 Å². The number of methoxy groups -OCH3 is 1. The maximum absolute atomic E-state index is 13.2. The first-order valence-electron chi connectivity index (χ1n) is 10.5. The highest BCUT2D eigenvalue weighted by Crippen LogP contribution is 2.51. The van der Waals surface area contributed by atoms with Crippen LogP contribution in [0.4, 0.5) is 11.5 Å². The summed E-state index contributed by atoms with van der Waals surface area (Å²) in [5, 5.41) is 3.02. The van der Waals surface area contributed by atoms with Gasteiger partial charge in [-0.3, -0.25) is 4.79 Å². The molecule has 1 N–H and O–H groups in total. The largest absolute Gasteiger partial charge is 0.496 e. The van der Waals surface area contributed by atoms with E-state index in [0.717, 1.165) is 41.1 Å². The molecule has 1 amide bonds. The summed E-state index contributed by atoms with van der Waals surface area (Å²) in [6, 6.07) is 17.3. The normalized spacial score (nSPS) is 15.2. The molecular weight excluding hydrogens is 406 g/mol. The molecule has 2 aromatic carbocycles. The molecule has 1 aliphatic heterocycles. The van der Waals surface area contributed by atoms with Crippen LogP contribution in [0.25, 0.3) is 11.3 Å². The summed E-state index contributed by atoms with van der Waals surface area (Å²) in [7, 11) is 5.61. The lowest BCUT2D eigenvalue weighted by Crippen LogP contribution is -2.28. The number of fused-ring (bicyclic) bond motifs is 1. The van der Waals surface area contributed by atoms with Gasteiger partial charge in [0.05, 0.1) is 18.2 Å². The molecule has 0 atom stereocenters. The Kier molecular flexibility index (Phi) is 4.89. The van der Waals surface area contributed by atoms with E-state index in [1.54, 1.807) is 13.2 Å². The van der Waals surface area contributed by atoms with Crippen molar-refractivity contribution in [1.82, 2.24) is 4.98 Å². The third kappa shape index (κ3) is 3.49. The lowest BCUT2D eigenvalue weighted by molar-refractivity contribution is -0.118. The van der Waals surface area contributed by atoms with Gasteiger partial charge in [-0.1, -0.05) is 12.1 Å². The van der Waals surface area contributed by atoms with Crippen molar-refractivity contribution in [2.75, 3.05) is 38.2 Å². The molecule has 0 spiro atoms. The molecule has 0 unspecified atom stereocenters. The molecule has 32 heavy (non-hydrogen) atoms.